The van der Waals surface area contributed by atoms with E-state index in [1.54, 1.807) is 6.08 Å². The number of hydrogen-bond acceptors (Lipinski definition) is 4. The Bertz CT molecular complexity index is 234. The third kappa shape index (κ3) is 4.15. The van der Waals surface area contributed by atoms with Crippen molar-refractivity contribution in [3.05, 3.63) is 11.5 Å². The van der Waals surface area contributed by atoms with Crippen molar-refractivity contribution in [1.82, 2.24) is 4.90 Å². The Morgan fingerprint density at radius 1 is 1.27 bits per heavy atom. The van der Waals surface area contributed by atoms with Crippen LogP contribution in [0, 0.1) is 0 Å². The summed E-state index contributed by atoms with van der Waals surface area (Å²) in [7, 11) is -0.293. The van der Waals surface area contributed by atoms with E-state index in [9.17, 15) is 4.57 Å². The van der Waals surface area contributed by atoms with Crippen molar-refractivity contribution in [3.63, 3.8) is 0 Å². The van der Waals surface area contributed by atoms with Crippen molar-refractivity contribution in [1.29, 1.82) is 0 Å². The van der Waals surface area contributed by atoms with Gasteiger partial charge in [-0.05, 0) is 20.8 Å². The summed E-state index contributed by atoms with van der Waals surface area (Å²) in [6.45, 7) is 7.41. The van der Waals surface area contributed by atoms with Crippen LogP contribution < -0.4 is 0 Å². The second-order valence-electron chi connectivity index (χ2n) is 2.68. The standard InChI is InChI=1S/C9H20NO3P.ClH/c1-6-9(10(7-2)8-3)14(11,12-4)13-5;/h6H,7-8H2,1-5H3;1H. The van der Waals surface area contributed by atoms with Crippen molar-refractivity contribution in [2.24, 2.45) is 0 Å². The molecule has 0 atom stereocenters. The Kier molecular flexibility index (Phi) is 9.46. The molecule has 0 aliphatic heterocycles. The first-order valence-corrected chi connectivity index (χ1v) is 6.27. The van der Waals surface area contributed by atoms with Crippen LogP contribution in [0.5, 0.6) is 0 Å². The van der Waals surface area contributed by atoms with Crippen molar-refractivity contribution in [2.75, 3.05) is 27.3 Å². The number of allylic oxidation sites excluding steroid dienone is 1. The highest BCUT2D eigenvalue weighted by Crippen LogP contribution is 2.55. The predicted molar refractivity (Wildman–Crippen MR) is 65.6 cm³/mol. The lowest BCUT2D eigenvalue weighted by Crippen LogP contribution is -2.23. The molecular formula is C9H21ClNO3P. The summed E-state index contributed by atoms with van der Waals surface area (Å²) < 4.78 is 22.0. The summed E-state index contributed by atoms with van der Waals surface area (Å²) >= 11 is 0. The van der Waals surface area contributed by atoms with Crippen molar-refractivity contribution in [3.8, 4) is 0 Å². The summed E-state index contributed by atoms with van der Waals surface area (Å²) in [6, 6.07) is 0. The van der Waals surface area contributed by atoms with Gasteiger partial charge in [0, 0.05) is 27.3 Å². The van der Waals surface area contributed by atoms with Gasteiger partial charge in [0.2, 0.25) is 0 Å². The van der Waals surface area contributed by atoms with Crippen molar-refractivity contribution in [2.45, 2.75) is 20.8 Å². The zero-order valence-electron chi connectivity index (χ0n) is 10.0. The molecule has 92 valence electrons. The van der Waals surface area contributed by atoms with Crippen LogP contribution in [0.25, 0.3) is 0 Å². The molecule has 0 aromatic rings. The van der Waals surface area contributed by atoms with Crippen LogP contribution in [0.4, 0.5) is 0 Å². The van der Waals surface area contributed by atoms with E-state index in [0.717, 1.165) is 13.1 Å². The fourth-order valence-corrected chi connectivity index (χ4v) is 2.79. The minimum Gasteiger partial charge on any atom is -0.366 e. The van der Waals surface area contributed by atoms with E-state index in [0.29, 0.717) is 5.44 Å². The quantitative estimate of drug-likeness (QED) is 0.686. The van der Waals surface area contributed by atoms with Gasteiger partial charge in [-0.25, -0.2) is 0 Å². The molecule has 0 aromatic heterocycles. The van der Waals surface area contributed by atoms with Gasteiger partial charge in [-0.3, -0.25) is 4.57 Å². The molecule has 0 aromatic carbocycles. The minimum atomic E-state index is -3.09. The van der Waals surface area contributed by atoms with Gasteiger partial charge >= 0.3 is 7.60 Å². The summed E-state index contributed by atoms with van der Waals surface area (Å²) in [5.74, 6) is 0. The molecule has 0 aliphatic carbocycles. The average Bonchev–Trinajstić information content (AvgIpc) is 2.24. The summed E-state index contributed by atoms with van der Waals surface area (Å²) in [6.07, 6.45) is 1.78. The molecule has 6 heteroatoms. The van der Waals surface area contributed by atoms with Gasteiger partial charge in [0.1, 0.15) is 5.44 Å². The minimum absolute atomic E-state index is 0. The monoisotopic (exact) mass is 257 g/mol. The molecule has 0 amide bonds. The smallest absolute Gasteiger partial charge is 0.366 e. The first-order valence-electron chi connectivity index (χ1n) is 4.72. The lowest BCUT2D eigenvalue weighted by molar-refractivity contribution is 0.264. The third-order valence-electron chi connectivity index (χ3n) is 2.11. The Balaban J connectivity index is 0. The molecule has 4 nitrogen and oxygen atoms in total. The van der Waals surface area contributed by atoms with Gasteiger partial charge < -0.3 is 13.9 Å². The largest absolute Gasteiger partial charge is 0.376 e. The summed E-state index contributed by atoms with van der Waals surface area (Å²) in [5.41, 5.74) is 0.632. The molecule has 0 spiro atoms. The maximum Gasteiger partial charge on any atom is 0.376 e. The zero-order chi connectivity index (χ0) is 11.2. The third-order valence-corrected chi connectivity index (χ3v) is 4.17. The summed E-state index contributed by atoms with van der Waals surface area (Å²) in [5, 5.41) is 0. The van der Waals surface area contributed by atoms with Gasteiger partial charge in [-0.2, -0.15) is 0 Å². The predicted octanol–water partition coefficient (Wildman–Crippen LogP) is 3.10. The van der Waals surface area contributed by atoms with Crippen LogP contribution in [0.15, 0.2) is 11.5 Å². The van der Waals surface area contributed by atoms with E-state index in [1.165, 1.54) is 14.2 Å². The molecular weight excluding hydrogens is 237 g/mol. The molecule has 0 unspecified atom stereocenters. The van der Waals surface area contributed by atoms with Gasteiger partial charge in [0.25, 0.3) is 0 Å². The highest BCUT2D eigenvalue weighted by molar-refractivity contribution is 7.58. The van der Waals surface area contributed by atoms with Crippen molar-refractivity contribution >= 4 is 20.0 Å². The maximum absolute atomic E-state index is 12.1. The Morgan fingerprint density at radius 3 is 1.87 bits per heavy atom. The number of nitrogens with zero attached hydrogens (tertiary/aromatic N) is 1. The molecule has 0 N–H and O–H groups in total. The van der Waals surface area contributed by atoms with Crippen LogP contribution in [0.1, 0.15) is 20.8 Å². The van der Waals surface area contributed by atoms with Crippen molar-refractivity contribution < 1.29 is 13.6 Å². The highest BCUT2D eigenvalue weighted by atomic mass is 35.5. The van der Waals surface area contributed by atoms with E-state index in [4.69, 9.17) is 9.05 Å². The second-order valence-corrected chi connectivity index (χ2v) is 4.87. The summed E-state index contributed by atoms with van der Waals surface area (Å²) in [4.78, 5) is 1.97. The number of hydrogen-bond donors (Lipinski definition) is 0. The lowest BCUT2D eigenvalue weighted by Gasteiger charge is -2.27. The molecule has 0 saturated heterocycles. The molecule has 0 bridgehead atoms. The van der Waals surface area contributed by atoms with Crippen LogP contribution >= 0.6 is 20.0 Å². The van der Waals surface area contributed by atoms with Crippen LogP contribution in [0.2, 0.25) is 0 Å². The Labute approximate surface area is 98.6 Å². The van der Waals surface area contributed by atoms with E-state index in [1.807, 2.05) is 25.7 Å². The molecule has 15 heavy (non-hydrogen) atoms. The van der Waals surface area contributed by atoms with E-state index < -0.39 is 7.60 Å². The molecule has 0 rings (SSSR count). The van der Waals surface area contributed by atoms with E-state index in [-0.39, 0.29) is 12.4 Å². The average molecular weight is 258 g/mol. The fourth-order valence-electron chi connectivity index (χ4n) is 1.32. The van der Waals surface area contributed by atoms with Crippen LogP contribution in [-0.2, 0) is 13.6 Å². The molecule has 0 fully saturated rings. The molecule has 0 saturated carbocycles. The highest BCUT2D eigenvalue weighted by Gasteiger charge is 2.30. The van der Waals surface area contributed by atoms with E-state index >= 15 is 0 Å². The zero-order valence-corrected chi connectivity index (χ0v) is 11.7. The van der Waals surface area contributed by atoms with Crippen LogP contribution in [0.3, 0.4) is 0 Å². The Morgan fingerprint density at radius 2 is 1.67 bits per heavy atom. The molecule has 0 aliphatic rings. The second kappa shape index (κ2) is 8.17. The normalized spacial score (nSPS) is 12.2. The van der Waals surface area contributed by atoms with E-state index in [2.05, 4.69) is 0 Å². The molecule has 0 radical (unpaired) electrons. The van der Waals surface area contributed by atoms with Gasteiger partial charge in [-0.15, -0.1) is 12.4 Å². The molecule has 0 heterocycles. The first-order chi connectivity index (χ1) is 6.59. The number of halogens is 1. The van der Waals surface area contributed by atoms with Crippen LogP contribution in [-0.4, -0.2) is 32.2 Å². The topological polar surface area (TPSA) is 38.8 Å². The fraction of sp³-hybridized carbons (Fsp3) is 0.778. The number of rotatable bonds is 6. The van der Waals surface area contributed by atoms with Gasteiger partial charge in [-0.1, -0.05) is 6.08 Å². The van der Waals surface area contributed by atoms with Gasteiger partial charge in [0.15, 0.2) is 0 Å². The first kappa shape index (κ1) is 17.4. The lowest BCUT2D eigenvalue weighted by atomic mass is 10.5. The maximum atomic E-state index is 12.1. The van der Waals surface area contributed by atoms with Gasteiger partial charge in [0.05, 0.1) is 0 Å². The SMILES string of the molecule is CC=C(N(CC)CC)P(=O)(OC)OC.Cl. The Hall–Kier alpha value is -0.0200.